The second kappa shape index (κ2) is 12.7. The molecule has 0 radical (unpaired) electrons. The van der Waals surface area contributed by atoms with Crippen molar-refractivity contribution in [3.63, 3.8) is 0 Å². The van der Waals surface area contributed by atoms with Crippen molar-refractivity contribution in [1.82, 2.24) is 10.2 Å². The molecule has 0 aliphatic rings. The van der Waals surface area contributed by atoms with E-state index in [1.165, 1.54) is 23.9 Å². The molecule has 0 aliphatic carbocycles. The Morgan fingerprint density at radius 2 is 1.70 bits per heavy atom. The largest absolute Gasteiger partial charge is 0.354 e. The second-order valence-corrected chi connectivity index (χ2v) is 8.88. The van der Waals surface area contributed by atoms with Crippen molar-refractivity contribution < 1.29 is 14.0 Å². The van der Waals surface area contributed by atoms with E-state index < -0.39 is 6.04 Å². The van der Waals surface area contributed by atoms with Crippen LogP contribution in [0.1, 0.15) is 37.8 Å². The highest BCUT2D eigenvalue weighted by atomic mass is 79.9. The van der Waals surface area contributed by atoms with Gasteiger partial charge in [0, 0.05) is 23.3 Å². The van der Waals surface area contributed by atoms with Gasteiger partial charge in [0.1, 0.15) is 11.9 Å². The molecule has 0 bridgehead atoms. The summed E-state index contributed by atoms with van der Waals surface area (Å²) in [5, 5.41) is 2.90. The van der Waals surface area contributed by atoms with E-state index in [1.54, 1.807) is 17.0 Å². The highest BCUT2D eigenvalue weighted by molar-refractivity contribution is 9.10. The molecule has 0 aliphatic heterocycles. The van der Waals surface area contributed by atoms with E-state index in [0.717, 1.165) is 22.0 Å². The van der Waals surface area contributed by atoms with Gasteiger partial charge in [0.15, 0.2) is 0 Å². The van der Waals surface area contributed by atoms with Crippen molar-refractivity contribution in [1.29, 1.82) is 0 Å². The van der Waals surface area contributed by atoms with Crippen molar-refractivity contribution in [3.8, 4) is 0 Å². The molecule has 1 unspecified atom stereocenters. The minimum Gasteiger partial charge on any atom is -0.354 e. The lowest BCUT2D eigenvalue weighted by atomic mass is 10.1. The van der Waals surface area contributed by atoms with Crippen LogP contribution in [-0.2, 0) is 21.9 Å². The van der Waals surface area contributed by atoms with Gasteiger partial charge in [-0.2, -0.15) is 0 Å². The van der Waals surface area contributed by atoms with E-state index in [4.69, 9.17) is 0 Å². The summed E-state index contributed by atoms with van der Waals surface area (Å²) < 4.78 is 14.3. The van der Waals surface area contributed by atoms with Crippen molar-refractivity contribution in [3.05, 3.63) is 69.9 Å². The maximum atomic E-state index is 13.3. The summed E-state index contributed by atoms with van der Waals surface area (Å²) in [6.07, 6.45) is 1.34. The SMILES string of the molecule is CCCNC(=O)C(CC)N(Cc1ccc(F)cc1)C(=O)CSCc1ccc(Br)cc1. The maximum absolute atomic E-state index is 13.3. The average molecular weight is 495 g/mol. The molecule has 1 N–H and O–H groups in total. The molecule has 0 saturated heterocycles. The lowest BCUT2D eigenvalue weighted by molar-refractivity contribution is -0.139. The standard InChI is InChI=1S/C23H28BrFN2O2S/c1-3-13-26-23(29)21(4-2)27(14-17-7-11-20(25)12-8-17)22(28)16-30-15-18-5-9-19(24)10-6-18/h5-12,21H,3-4,13-16H2,1-2H3,(H,26,29). The molecule has 0 fully saturated rings. The maximum Gasteiger partial charge on any atom is 0.242 e. The lowest BCUT2D eigenvalue weighted by Crippen LogP contribution is -2.49. The zero-order valence-electron chi connectivity index (χ0n) is 17.4. The van der Waals surface area contributed by atoms with Crippen molar-refractivity contribution in [2.75, 3.05) is 12.3 Å². The lowest BCUT2D eigenvalue weighted by Gasteiger charge is -2.30. The number of amides is 2. The van der Waals surface area contributed by atoms with Crippen molar-refractivity contribution in [2.24, 2.45) is 0 Å². The van der Waals surface area contributed by atoms with Crippen molar-refractivity contribution >= 4 is 39.5 Å². The molecule has 0 spiro atoms. The summed E-state index contributed by atoms with van der Waals surface area (Å²) in [7, 11) is 0. The van der Waals surface area contributed by atoms with Gasteiger partial charge in [-0.15, -0.1) is 11.8 Å². The third kappa shape index (κ3) is 7.76. The number of thioether (sulfide) groups is 1. The zero-order valence-corrected chi connectivity index (χ0v) is 19.8. The Labute approximate surface area is 190 Å². The predicted molar refractivity (Wildman–Crippen MR) is 125 cm³/mol. The molecule has 30 heavy (non-hydrogen) atoms. The van der Waals surface area contributed by atoms with E-state index in [2.05, 4.69) is 21.2 Å². The van der Waals surface area contributed by atoms with Gasteiger partial charge in [0.05, 0.1) is 5.75 Å². The Morgan fingerprint density at radius 1 is 1.07 bits per heavy atom. The van der Waals surface area contributed by atoms with Crippen LogP contribution >= 0.6 is 27.7 Å². The van der Waals surface area contributed by atoms with Crippen LogP contribution in [0.4, 0.5) is 4.39 Å². The van der Waals surface area contributed by atoms with Gasteiger partial charge in [0.25, 0.3) is 0 Å². The summed E-state index contributed by atoms with van der Waals surface area (Å²) in [6, 6.07) is 13.5. The number of halogens is 2. The first-order valence-electron chi connectivity index (χ1n) is 10.1. The molecular weight excluding hydrogens is 467 g/mol. The van der Waals surface area contributed by atoms with E-state index in [-0.39, 0.29) is 29.9 Å². The fraction of sp³-hybridized carbons (Fsp3) is 0.391. The summed E-state index contributed by atoms with van der Waals surface area (Å²) in [6.45, 7) is 4.74. The summed E-state index contributed by atoms with van der Waals surface area (Å²) >= 11 is 4.94. The van der Waals surface area contributed by atoms with Crippen LogP contribution in [0.2, 0.25) is 0 Å². The molecular formula is C23H28BrFN2O2S. The zero-order chi connectivity index (χ0) is 21.9. The number of carbonyl (C=O) groups is 2. The molecule has 0 saturated carbocycles. The van der Waals surface area contributed by atoms with Crippen LogP contribution in [0.3, 0.4) is 0 Å². The molecule has 4 nitrogen and oxygen atoms in total. The van der Waals surface area contributed by atoms with E-state index in [9.17, 15) is 14.0 Å². The van der Waals surface area contributed by atoms with Gasteiger partial charge in [-0.1, -0.05) is 54.0 Å². The fourth-order valence-corrected chi connectivity index (χ4v) is 4.13. The molecule has 1 atom stereocenters. The van der Waals surface area contributed by atoms with Crippen LogP contribution < -0.4 is 5.32 Å². The fourth-order valence-electron chi connectivity index (χ4n) is 2.99. The molecule has 7 heteroatoms. The Kier molecular flexibility index (Phi) is 10.4. The first-order chi connectivity index (χ1) is 14.4. The first kappa shape index (κ1) is 24.4. The molecule has 2 aromatic carbocycles. The van der Waals surface area contributed by atoms with Gasteiger partial charge < -0.3 is 10.2 Å². The van der Waals surface area contributed by atoms with Crippen LogP contribution in [-0.4, -0.2) is 35.1 Å². The monoisotopic (exact) mass is 494 g/mol. The average Bonchev–Trinajstić information content (AvgIpc) is 2.74. The van der Waals surface area contributed by atoms with Gasteiger partial charge >= 0.3 is 0 Å². The molecule has 162 valence electrons. The molecule has 2 aromatic rings. The molecule has 0 aromatic heterocycles. The van der Waals surface area contributed by atoms with E-state index in [0.29, 0.717) is 18.7 Å². The number of nitrogens with zero attached hydrogens (tertiary/aromatic N) is 1. The highest BCUT2D eigenvalue weighted by Crippen LogP contribution is 2.19. The number of benzene rings is 2. The highest BCUT2D eigenvalue weighted by Gasteiger charge is 2.28. The Balaban J connectivity index is 2.09. The van der Waals surface area contributed by atoms with E-state index >= 15 is 0 Å². The first-order valence-corrected chi connectivity index (χ1v) is 12.0. The summed E-state index contributed by atoms with van der Waals surface area (Å²) in [5.74, 6) is 0.416. The minimum atomic E-state index is -0.553. The third-order valence-electron chi connectivity index (χ3n) is 4.61. The van der Waals surface area contributed by atoms with E-state index in [1.807, 2.05) is 38.1 Å². The van der Waals surface area contributed by atoms with Gasteiger partial charge in [0.2, 0.25) is 11.8 Å². The smallest absolute Gasteiger partial charge is 0.242 e. The second-order valence-electron chi connectivity index (χ2n) is 6.98. The van der Waals surface area contributed by atoms with Crippen LogP contribution in [0, 0.1) is 5.82 Å². The number of nitrogens with one attached hydrogen (secondary N) is 1. The van der Waals surface area contributed by atoms with Gasteiger partial charge in [-0.25, -0.2) is 4.39 Å². The molecule has 2 rings (SSSR count). The van der Waals surface area contributed by atoms with Gasteiger partial charge in [-0.3, -0.25) is 9.59 Å². The predicted octanol–water partition coefficient (Wildman–Crippen LogP) is 5.16. The number of hydrogen-bond acceptors (Lipinski definition) is 3. The Hall–Kier alpha value is -1.86. The Morgan fingerprint density at radius 3 is 2.30 bits per heavy atom. The number of rotatable bonds is 11. The number of carbonyl (C=O) groups excluding carboxylic acids is 2. The van der Waals surface area contributed by atoms with Gasteiger partial charge in [-0.05, 0) is 48.2 Å². The number of hydrogen-bond donors (Lipinski definition) is 1. The normalized spacial score (nSPS) is 11.7. The summed E-state index contributed by atoms with van der Waals surface area (Å²) in [5.41, 5.74) is 1.93. The topological polar surface area (TPSA) is 49.4 Å². The van der Waals surface area contributed by atoms with Crippen molar-refractivity contribution in [2.45, 2.75) is 45.0 Å². The van der Waals surface area contributed by atoms with Crippen LogP contribution in [0.5, 0.6) is 0 Å². The van der Waals surface area contributed by atoms with Crippen LogP contribution in [0.15, 0.2) is 53.0 Å². The molecule has 2 amide bonds. The molecule has 0 heterocycles. The third-order valence-corrected chi connectivity index (χ3v) is 6.13. The quantitative estimate of drug-likeness (QED) is 0.469. The minimum absolute atomic E-state index is 0.0973. The Bertz CT molecular complexity index is 815. The van der Waals surface area contributed by atoms with Crippen LogP contribution in [0.25, 0.3) is 0 Å². The summed E-state index contributed by atoms with van der Waals surface area (Å²) in [4.78, 5) is 27.4.